The van der Waals surface area contributed by atoms with Gasteiger partial charge in [-0.15, -0.1) is 0 Å². The molecular weight excluding hydrogens is 224 g/mol. The van der Waals surface area contributed by atoms with Crippen molar-refractivity contribution in [2.75, 3.05) is 5.73 Å². The van der Waals surface area contributed by atoms with Crippen molar-refractivity contribution < 1.29 is 0 Å². The third-order valence-corrected chi connectivity index (χ3v) is 3.28. The first-order chi connectivity index (χ1) is 8.70. The summed E-state index contributed by atoms with van der Waals surface area (Å²) in [4.78, 5) is 4.09. The molecule has 18 heavy (non-hydrogen) atoms. The van der Waals surface area contributed by atoms with Crippen LogP contribution in [0.5, 0.6) is 0 Å². The van der Waals surface area contributed by atoms with E-state index in [0.29, 0.717) is 11.9 Å². The van der Waals surface area contributed by atoms with Crippen LogP contribution in [0.4, 0.5) is 5.82 Å². The van der Waals surface area contributed by atoms with Gasteiger partial charge in [-0.25, -0.2) is 4.98 Å². The van der Waals surface area contributed by atoms with Gasteiger partial charge in [0.25, 0.3) is 0 Å². The molecule has 0 aliphatic carbocycles. The highest BCUT2D eigenvalue weighted by Crippen LogP contribution is 2.13. The van der Waals surface area contributed by atoms with Crippen LogP contribution in [-0.4, -0.2) is 14.8 Å². The second kappa shape index (κ2) is 5.67. The van der Waals surface area contributed by atoms with Gasteiger partial charge in [0.05, 0.1) is 5.69 Å². The van der Waals surface area contributed by atoms with Crippen molar-refractivity contribution in [3.8, 4) is 0 Å². The van der Waals surface area contributed by atoms with Gasteiger partial charge >= 0.3 is 0 Å². The van der Waals surface area contributed by atoms with Crippen molar-refractivity contribution in [3.63, 3.8) is 0 Å². The Morgan fingerprint density at radius 1 is 1.33 bits per heavy atom. The number of hydrogen-bond acceptors (Lipinski definition) is 3. The first-order valence-electron chi connectivity index (χ1n) is 6.44. The van der Waals surface area contributed by atoms with Crippen molar-refractivity contribution in [2.45, 2.75) is 39.2 Å². The van der Waals surface area contributed by atoms with E-state index in [-0.39, 0.29) is 0 Å². The summed E-state index contributed by atoms with van der Waals surface area (Å²) in [5, 5.41) is 4.58. The molecule has 2 rings (SSSR count). The minimum absolute atomic E-state index is 0.460. The second-order valence-corrected chi connectivity index (χ2v) is 4.59. The fraction of sp³-hybridized carbons (Fsp3) is 0.429. The molecule has 0 radical (unpaired) electrons. The molecule has 1 unspecified atom stereocenters. The van der Waals surface area contributed by atoms with Crippen molar-refractivity contribution >= 4 is 5.82 Å². The quantitative estimate of drug-likeness (QED) is 0.879. The second-order valence-electron chi connectivity index (χ2n) is 4.59. The normalized spacial score (nSPS) is 12.6. The van der Waals surface area contributed by atoms with Crippen LogP contribution < -0.4 is 5.73 Å². The van der Waals surface area contributed by atoms with E-state index in [4.69, 9.17) is 5.73 Å². The van der Waals surface area contributed by atoms with Crippen LogP contribution in [0, 0.1) is 0 Å². The monoisotopic (exact) mass is 244 g/mol. The number of aromatic nitrogens is 3. The van der Waals surface area contributed by atoms with Crippen LogP contribution in [0.2, 0.25) is 0 Å². The molecule has 0 fully saturated rings. The van der Waals surface area contributed by atoms with Crippen LogP contribution in [0.3, 0.4) is 0 Å². The number of aryl methyl sites for hydroxylation is 2. The molecule has 2 aromatic heterocycles. The van der Waals surface area contributed by atoms with E-state index in [1.54, 1.807) is 6.20 Å². The molecule has 0 aliphatic heterocycles. The lowest BCUT2D eigenvalue weighted by Gasteiger charge is -2.08. The van der Waals surface area contributed by atoms with Gasteiger partial charge in [-0.2, -0.15) is 5.10 Å². The summed E-state index contributed by atoms with van der Waals surface area (Å²) in [5.41, 5.74) is 8.03. The van der Waals surface area contributed by atoms with Crippen LogP contribution in [0.25, 0.3) is 0 Å². The highest BCUT2D eigenvalue weighted by atomic mass is 15.3. The summed E-state index contributed by atoms with van der Waals surface area (Å²) in [6.07, 6.45) is 6.65. The van der Waals surface area contributed by atoms with Gasteiger partial charge in [-0.3, -0.25) is 4.68 Å². The molecule has 0 aliphatic rings. The molecule has 0 saturated heterocycles. The fourth-order valence-corrected chi connectivity index (χ4v) is 1.87. The molecule has 0 aromatic carbocycles. The van der Waals surface area contributed by atoms with E-state index in [1.807, 2.05) is 16.8 Å². The number of nitrogen functional groups attached to an aromatic ring is 1. The van der Waals surface area contributed by atoms with E-state index < -0.39 is 0 Å². The fourth-order valence-electron chi connectivity index (χ4n) is 1.87. The summed E-state index contributed by atoms with van der Waals surface area (Å²) < 4.78 is 2.03. The van der Waals surface area contributed by atoms with E-state index in [1.165, 1.54) is 0 Å². The molecule has 0 bridgehead atoms. The predicted octanol–water partition coefficient (Wildman–Crippen LogP) is 2.62. The first kappa shape index (κ1) is 12.6. The van der Waals surface area contributed by atoms with E-state index in [9.17, 15) is 0 Å². The van der Waals surface area contributed by atoms with Gasteiger partial charge in [0.1, 0.15) is 5.82 Å². The maximum atomic E-state index is 5.82. The Bertz CT molecular complexity index is 504. The molecule has 0 spiro atoms. The lowest BCUT2D eigenvalue weighted by atomic mass is 10.1. The SMILES string of the molecule is CCC(C)n1ccc(CCc2cccnc2N)n1. The number of nitrogens with zero attached hydrogens (tertiary/aromatic N) is 3. The third-order valence-electron chi connectivity index (χ3n) is 3.28. The molecule has 2 heterocycles. The van der Waals surface area contributed by atoms with Gasteiger partial charge in [0, 0.05) is 18.4 Å². The Morgan fingerprint density at radius 3 is 2.89 bits per heavy atom. The van der Waals surface area contributed by atoms with Crippen LogP contribution in [0.15, 0.2) is 30.6 Å². The summed E-state index contributed by atoms with van der Waals surface area (Å²) in [6, 6.07) is 6.48. The largest absolute Gasteiger partial charge is 0.383 e. The molecule has 0 amide bonds. The van der Waals surface area contributed by atoms with Gasteiger partial charge < -0.3 is 5.73 Å². The van der Waals surface area contributed by atoms with E-state index in [2.05, 4.69) is 36.2 Å². The minimum atomic E-state index is 0.460. The van der Waals surface area contributed by atoms with Crippen LogP contribution in [0.1, 0.15) is 37.6 Å². The van der Waals surface area contributed by atoms with Crippen LogP contribution in [-0.2, 0) is 12.8 Å². The Morgan fingerprint density at radius 2 is 2.17 bits per heavy atom. The number of nitrogens with two attached hydrogens (primary N) is 1. The lowest BCUT2D eigenvalue weighted by Crippen LogP contribution is -2.05. The number of anilines is 1. The molecule has 0 saturated carbocycles. The number of hydrogen-bond donors (Lipinski definition) is 1. The smallest absolute Gasteiger partial charge is 0.126 e. The Labute approximate surface area is 108 Å². The van der Waals surface area contributed by atoms with E-state index in [0.717, 1.165) is 30.5 Å². The zero-order valence-corrected chi connectivity index (χ0v) is 11.0. The summed E-state index contributed by atoms with van der Waals surface area (Å²) >= 11 is 0. The molecule has 2 N–H and O–H groups in total. The molecule has 2 aromatic rings. The van der Waals surface area contributed by atoms with Crippen LogP contribution >= 0.6 is 0 Å². The average molecular weight is 244 g/mol. The van der Waals surface area contributed by atoms with Gasteiger partial charge in [-0.05, 0) is 43.9 Å². The van der Waals surface area contributed by atoms with Crippen molar-refractivity contribution in [2.24, 2.45) is 0 Å². The van der Waals surface area contributed by atoms with Crippen molar-refractivity contribution in [3.05, 3.63) is 41.9 Å². The molecular formula is C14H20N4. The zero-order valence-electron chi connectivity index (χ0n) is 11.0. The first-order valence-corrected chi connectivity index (χ1v) is 6.44. The Balaban J connectivity index is 1.98. The molecule has 4 nitrogen and oxygen atoms in total. The maximum Gasteiger partial charge on any atom is 0.126 e. The molecule has 1 atom stereocenters. The van der Waals surface area contributed by atoms with E-state index >= 15 is 0 Å². The Kier molecular flexibility index (Phi) is 3.97. The van der Waals surface area contributed by atoms with Gasteiger partial charge in [0.15, 0.2) is 0 Å². The highest BCUT2D eigenvalue weighted by molar-refractivity contribution is 5.38. The van der Waals surface area contributed by atoms with Gasteiger partial charge in [0.2, 0.25) is 0 Å². The number of rotatable bonds is 5. The minimum Gasteiger partial charge on any atom is -0.383 e. The summed E-state index contributed by atoms with van der Waals surface area (Å²) in [6.45, 7) is 4.35. The molecule has 96 valence electrons. The standard InChI is InChI=1S/C14H20N4/c1-3-11(2)18-10-8-13(17-18)7-6-12-5-4-9-16-14(12)15/h4-5,8-11H,3,6-7H2,1-2H3,(H2,15,16). The lowest BCUT2D eigenvalue weighted by molar-refractivity contribution is 0.473. The zero-order chi connectivity index (χ0) is 13.0. The summed E-state index contributed by atoms with van der Waals surface area (Å²) in [5.74, 6) is 0.624. The average Bonchev–Trinajstić information content (AvgIpc) is 2.86. The number of pyridine rings is 1. The predicted molar refractivity (Wildman–Crippen MR) is 73.3 cm³/mol. The van der Waals surface area contributed by atoms with Crippen molar-refractivity contribution in [1.82, 2.24) is 14.8 Å². The van der Waals surface area contributed by atoms with Gasteiger partial charge in [-0.1, -0.05) is 13.0 Å². The van der Waals surface area contributed by atoms with Crippen molar-refractivity contribution in [1.29, 1.82) is 0 Å². The molecule has 4 heteroatoms. The highest BCUT2D eigenvalue weighted by Gasteiger charge is 2.06. The maximum absolute atomic E-state index is 5.82. The summed E-state index contributed by atoms with van der Waals surface area (Å²) in [7, 11) is 0. The third kappa shape index (κ3) is 2.88. The Hall–Kier alpha value is -1.84. The topological polar surface area (TPSA) is 56.7 Å².